The molecule has 1 heterocycles. The van der Waals surface area contributed by atoms with Crippen LogP contribution in [0.25, 0.3) is 0 Å². The van der Waals surface area contributed by atoms with Crippen LogP contribution in [0.3, 0.4) is 0 Å². The summed E-state index contributed by atoms with van der Waals surface area (Å²) in [6.07, 6.45) is -1.28. The van der Waals surface area contributed by atoms with Crippen molar-refractivity contribution in [2.45, 2.75) is 45.5 Å². The van der Waals surface area contributed by atoms with E-state index in [0.717, 1.165) is 0 Å². The fraction of sp³-hybridized carbons (Fsp3) is 0.750. The maximum Gasteiger partial charge on any atom is 0.302 e. The minimum atomic E-state index is -0.602. The molecule has 7 heteroatoms. The average molecular weight is 274 g/mol. The van der Waals surface area contributed by atoms with Crippen LogP contribution in [0.4, 0.5) is 0 Å². The van der Waals surface area contributed by atoms with Crippen LogP contribution in [0.15, 0.2) is 0 Å². The molecule has 1 saturated heterocycles. The Hall–Kier alpha value is -1.63. The number of hydrogen-bond acceptors (Lipinski definition) is 7. The zero-order chi connectivity index (χ0) is 14.4. The van der Waals surface area contributed by atoms with Gasteiger partial charge >= 0.3 is 17.9 Å². The van der Waals surface area contributed by atoms with Crippen molar-refractivity contribution >= 4 is 17.9 Å². The standard InChI is InChI=1S/C12H18O7/c1-7(13)16-6-12-11(19-9(3)15)4-10(5-17-12)18-8(2)14/h10-12H,4-6H2,1-3H3/t10-,11+,12-/m1/s1. The third-order valence-electron chi connectivity index (χ3n) is 2.51. The van der Waals surface area contributed by atoms with Gasteiger partial charge in [-0.05, 0) is 0 Å². The first-order valence-corrected chi connectivity index (χ1v) is 5.98. The Labute approximate surface area is 111 Å². The van der Waals surface area contributed by atoms with E-state index in [1.165, 1.54) is 20.8 Å². The summed E-state index contributed by atoms with van der Waals surface area (Å²) in [5.74, 6) is -1.33. The van der Waals surface area contributed by atoms with Crippen molar-refractivity contribution in [3.05, 3.63) is 0 Å². The summed E-state index contributed by atoms with van der Waals surface area (Å²) in [5.41, 5.74) is 0. The third-order valence-corrected chi connectivity index (χ3v) is 2.51. The molecule has 0 aromatic heterocycles. The molecule has 1 aliphatic rings. The molecule has 0 aromatic carbocycles. The van der Waals surface area contributed by atoms with Gasteiger partial charge in [0.05, 0.1) is 6.61 Å². The van der Waals surface area contributed by atoms with Crippen molar-refractivity contribution in [2.24, 2.45) is 0 Å². The van der Waals surface area contributed by atoms with E-state index in [9.17, 15) is 14.4 Å². The Morgan fingerprint density at radius 1 is 1.05 bits per heavy atom. The molecule has 7 nitrogen and oxygen atoms in total. The van der Waals surface area contributed by atoms with E-state index >= 15 is 0 Å². The highest BCUT2D eigenvalue weighted by Crippen LogP contribution is 2.21. The van der Waals surface area contributed by atoms with Gasteiger partial charge in [0.2, 0.25) is 0 Å². The quantitative estimate of drug-likeness (QED) is 0.534. The van der Waals surface area contributed by atoms with Crippen LogP contribution < -0.4 is 0 Å². The molecule has 0 radical (unpaired) electrons. The second-order valence-electron chi connectivity index (χ2n) is 4.29. The van der Waals surface area contributed by atoms with Gasteiger partial charge in [0.25, 0.3) is 0 Å². The number of carbonyl (C=O) groups excluding carboxylic acids is 3. The van der Waals surface area contributed by atoms with E-state index in [4.69, 9.17) is 18.9 Å². The van der Waals surface area contributed by atoms with E-state index in [1.807, 2.05) is 0 Å². The van der Waals surface area contributed by atoms with E-state index < -0.39 is 36.2 Å². The minimum absolute atomic E-state index is 0.0000709. The summed E-state index contributed by atoms with van der Waals surface area (Å²) >= 11 is 0. The maximum atomic E-state index is 11.0. The summed E-state index contributed by atoms with van der Waals surface area (Å²) < 4.78 is 20.4. The summed E-state index contributed by atoms with van der Waals surface area (Å²) in [4.78, 5) is 32.7. The summed E-state index contributed by atoms with van der Waals surface area (Å²) in [6.45, 7) is 4.04. The Morgan fingerprint density at radius 2 is 1.68 bits per heavy atom. The van der Waals surface area contributed by atoms with Crippen molar-refractivity contribution in [1.29, 1.82) is 0 Å². The van der Waals surface area contributed by atoms with Crippen molar-refractivity contribution in [2.75, 3.05) is 13.2 Å². The number of carbonyl (C=O) groups is 3. The van der Waals surface area contributed by atoms with Gasteiger partial charge in [-0.1, -0.05) is 0 Å². The molecule has 0 bridgehead atoms. The molecule has 1 fully saturated rings. The zero-order valence-corrected chi connectivity index (χ0v) is 11.2. The fourth-order valence-corrected chi connectivity index (χ4v) is 1.83. The van der Waals surface area contributed by atoms with Crippen LogP contribution in [-0.2, 0) is 33.3 Å². The minimum Gasteiger partial charge on any atom is -0.463 e. The molecule has 0 aromatic rings. The molecule has 108 valence electrons. The third kappa shape index (κ3) is 5.69. The zero-order valence-electron chi connectivity index (χ0n) is 11.2. The monoisotopic (exact) mass is 274 g/mol. The van der Waals surface area contributed by atoms with Gasteiger partial charge in [0.1, 0.15) is 24.9 Å². The predicted octanol–water partition coefficient (Wildman–Crippen LogP) is 0.202. The lowest BCUT2D eigenvalue weighted by atomic mass is 10.0. The molecule has 0 spiro atoms. The Morgan fingerprint density at radius 3 is 2.21 bits per heavy atom. The van der Waals surface area contributed by atoms with Gasteiger partial charge in [-0.3, -0.25) is 14.4 Å². The van der Waals surface area contributed by atoms with Crippen molar-refractivity contribution in [1.82, 2.24) is 0 Å². The number of esters is 3. The van der Waals surface area contributed by atoms with Crippen LogP contribution in [0.1, 0.15) is 27.2 Å². The number of ether oxygens (including phenoxy) is 4. The second-order valence-corrected chi connectivity index (χ2v) is 4.29. The lowest BCUT2D eigenvalue weighted by Gasteiger charge is -2.34. The van der Waals surface area contributed by atoms with Crippen LogP contribution in [-0.4, -0.2) is 49.4 Å². The van der Waals surface area contributed by atoms with Gasteiger partial charge in [-0.25, -0.2) is 0 Å². The van der Waals surface area contributed by atoms with E-state index in [-0.39, 0.29) is 13.2 Å². The van der Waals surface area contributed by atoms with Crippen molar-refractivity contribution in [3.8, 4) is 0 Å². The van der Waals surface area contributed by atoms with Crippen molar-refractivity contribution in [3.63, 3.8) is 0 Å². The molecule has 1 rings (SSSR count). The summed E-state index contributed by atoms with van der Waals surface area (Å²) in [7, 11) is 0. The normalized spacial score (nSPS) is 26.4. The highest BCUT2D eigenvalue weighted by atomic mass is 16.6. The lowest BCUT2D eigenvalue weighted by molar-refractivity contribution is -0.189. The SMILES string of the molecule is CC(=O)OC[C@H]1OC[C@H](OC(C)=O)C[C@@H]1OC(C)=O. The predicted molar refractivity (Wildman–Crippen MR) is 62.1 cm³/mol. The van der Waals surface area contributed by atoms with Gasteiger partial charge < -0.3 is 18.9 Å². The molecule has 3 atom stereocenters. The second kappa shape index (κ2) is 7.08. The van der Waals surface area contributed by atoms with Gasteiger partial charge in [-0.2, -0.15) is 0 Å². The smallest absolute Gasteiger partial charge is 0.302 e. The number of rotatable bonds is 4. The lowest BCUT2D eigenvalue weighted by Crippen LogP contribution is -2.47. The molecule has 0 amide bonds. The van der Waals surface area contributed by atoms with Gasteiger partial charge in [-0.15, -0.1) is 0 Å². The molecule has 0 N–H and O–H groups in total. The average Bonchev–Trinajstić information content (AvgIpc) is 2.26. The largest absolute Gasteiger partial charge is 0.463 e. The molecule has 19 heavy (non-hydrogen) atoms. The fourth-order valence-electron chi connectivity index (χ4n) is 1.83. The van der Waals surface area contributed by atoms with Crippen LogP contribution in [0.5, 0.6) is 0 Å². The Balaban J connectivity index is 2.58. The summed E-state index contributed by atoms with van der Waals surface area (Å²) in [6, 6.07) is 0. The molecule has 0 aliphatic carbocycles. The highest BCUT2D eigenvalue weighted by Gasteiger charge is 2.35. The van der Waals surface area contributed by atoms with Crippen LogP contribution in [0.2, 0.25) is 0 Å². The maximum absolute atomic E-state index is 11.0. The van der Waals surface area contributed by atoms with Gasteiger partial charge in [0.15, 0.2) is 0 Å². The first-order valence-electron chi connectivity index (χ1n) is 5.98. The molecule has 1 aliphatic heterocycles. The van der Waals surface area contributed by atoms with E-state index in [1.54, 1.807) is 0 Å². The number of hydrogen-bond donors (Lipinski definition) is 0. The molecular weight excluding hydrogens is 256 g/mol. The van der Waals surface area contributed by atoms with Gasteiger partial charge in [0, 0.05) is 27.2 Å². The Bertz CT molecular complexity index is 352. The van der Waals surface area contributed by atoms with Crippen molar-refractivity contribution < 1.29 is 33.3 Å². The molecule has 0 unspecified atom stereocenters. The summed E-state index contributed by atoms with van der Waals surface area (Å²) in [5, 5.41) is 0. The van der Waals surface area contributed by atoms with E-state index in [0.29, 0.717) is 6.42 Å². The molecular formula is C12H18O7. The topological polar surface area (TPSA) is 88.1 Å². The first-order chi connectivity index (χ1) is 8.88. The van der Waals surface area contributed by atoms with Crippen LogP contribution in [0, 0.1) is 0 Å². The highest BCUT2D eigenvalue weighted by molar-refractivity contribution is 5.67. The first kappa shape index (κ1) is 15.4. The Kier molecular flexibility index (Phi) is 5.75. The van der Waals surface area contributed by atoms with E-state index in [2.05, 4.69) is 0 Å². The molecule has 0 saturated carbocycles. The van der Waals surface area contributed by atoms with Crippen LogP contribution >= 0.6 is 0 Å².